The van der Waals surface area contributed by atoms with Gasteiger partial charge in [-0.1, -0.05) is 48.6 Å². The Labute approximate surface area is 102 Å². The Morgan fingerprint density at radius 2 is 1.88 bits per heavy atom. The summed E-state index contributed by atoms with van der Waals surface area (Å²) in [5.41, 5.74) is 1.94. The zero-order chi connectivity index (χ0) is 11.0. The van der Waals surface area contributed by atoms with E-state index in [1.807, 2.05) is 12.1 Å². The molecule has 2 nitrogen and oxygen atoms in total. The summed E-state index contributed by atoms with van der Waals surface area (Å²) < 4.78 is 3.63. The first-order chi connectivity index (χ1) is 7.84. The highest BCUT2D eigenvalue weighted by Gasteiger charge is 2.04. The van der Waals surface area contributed by atoms with Crippen LogP contribution in [0.5, 0.6) is 0 Å². The maximum atomic E-state index is 5.21. The van der Waals surface area contributed by atoms with E-state index in [4.69, 9.17) is 12.2 Å². The molecular weight excluding hydrogens is 236 g/mol. The van der Waals surface area contributed by atoms with Gasteiger partial charge in [-0.15, -0.1) is 0 Å². The number of aromatic nitrogens is 2. The van der Waals surface area contributed by atoms with Crippen molar-refractivity contribution in [3.8, 4) is 11.3 Å². The molecule has 4 heteroatoms. The number of hydrogen-bond donors (Lipinski definition) is 1. The summed E-state index contributed by atoms with van der Waals surface area (Å²) in [5, 5.41) is 6.63. The largest absolute Gasteiger partial charge is 0.230 e. The lowest BCUT2D eigenvalue weighted by molar-refractivity contribution is 1.16. The molecule has 0 fully saturated rings. The average Bonchev–Trinajstić information content (AvgIpc) is 2.75. The zero-order valence-electron chi connectivity index (χ0n) is 8.31. The molecule has 0 saturated carbocycles. The van der Waals surface area contributed by atoms with Crippen LogP contribution in [0.4, 0.5) is 0 Å². The maximum absolute atomic E-state index is 5.21. The first-order valence-corrected chi connectivity index (χ1v) is 6.10. The molecule has 2 aromatic carbocycles. The van der Waals surface area contributed by atoms with E-state index in [1.165, 1.54) is 22.3 Å². The first-order valence-electron chi connectivity index (χ1n) is 4.87. The van der Waals surface area contributed by atoms with Crippen LogP contribution in [0.25, 0.3) is 22.0 Å². The van der Waals surface area contributed by atoms with Gasteiger partial charge in [-0.05, 0) is 28.4 Å². The lowest BCUT2D eigenvalue weighted by Gasteiger charge is -2.00. The fourth-order valence-corrected chi connectivity index (χ4v) is 2.48. The SMILES string of the molecule is S=c1s[nH]nc1-c1ccc2ccccc2c1. The van der Waals surface area contributed by atoms with Crippen molar-refractivity contribution in [1.29, 1.82) is 0 Å². The van der Waals surface area contributed by atoms with Gasteiger partial charge in [-0.3, -0.25) is 0 Å². The Balaban J connectivity index is 2.27. The summed E-state index contributed by atoms with van der Waals surface area (Å²) in [6, 6.07) is 14.5. The summed E-state index contributed by atoms with van der Waals surface area (Å²) in [6.07, 6.45) is 0. The van der Waals surface area contributed by atoms with Crippen LogP contribution in [-0.4, -0.2) is 9.59 Å². The molecule has 3 aromatic rings. The molecule has 1 N–H and O–H groups in total. The second-order valence-corrected chi connectivity index (χ2v) is 4.96. The third kappa shape index (κ3) is 1.56. The molecule has 0 unspecified atom stereocenters. The van der Waals surface area contributed by atoms with Crippen LogP contribution < -0.4 is 0 Å². The molecule has 0 saturated heterocycles. The minimum Gasteiger partial charge on any atom is -0.230 e. The van der Waals surface area contributed by atoms with Crippen molar-refractivity contribution < 1.29 is 0 Å². The van der Waals surface area contributed by atoms with E-state index in [0.29, 0.717) is 0 Å². The molecule has 16 heavy (non-hydrogen) atoms. The highest BCUT2D eigenvalue weighted by molar-refractivity contribution is 7.73. The molecule has 0 radical (unpaired) electrons. The number of benzene rings is 2. The second-order valence-electron chi connectivity index (χ2n) is 3.50. The van der Waals surface area contributed by atoms with Gasteiger partial charge in [-0.2, -0.15) is 5.10 Å². The van der Waals surface area contributed by atoms with Crippen LogP contribution in [0.1, 0.15) is 0 Å². The van der Waals surface area contributed by atoms with Gasteiger partial charge >= 0.3 is 0 Å². The number of hydrogen-bond acceptors (Lipinski definition) is 3. The smallest absolute Gasteiger partial charge is 0.136 e. The molecule has 0 spiro atoms. The van der Waals surface area contributed by atoms with E-state index in [1.54, 1.807) is 0 Å². The number of fused-ring (bicyclic) bond motifs is 1. The van der Waals surface area contributed by atoms with Crippen LogP contribution in [0, 0.1) is 3.82 Å². The Hall–Kier alpha value is -1.52. The van der Waals surface area contributed by atoms with E-state index in [-0.39, 0.29) is 0 Å². The average molecular weight is 244 g/mol. The van der Waals surface area contributed by atoms with Gasteiger partial charge in [0, 0.05) is 5.56 Å². The fourth-order valence-electron chi connectivity index (χ4n) is 1.72. The van der Waals surface area contributed by atoms with E-state index < -0.39 is 0 Å². The van der Waals surface area contributed by atoms with Crippen molar-refractivity contribution in [2.45, 2.75) is 0 Å². The van der Waals surface area contributed by atoms with Gasteiger partial charge in [0.25, 0.3) is 0 Å². The van der Waals surface area contributed by atoms with Crippen LogP contribution in [0.2, 0.25) is 0 Å². The second kappa shape index (κ2) is 3.81. The molecule has 0 aliphatic carbocycles. The lowest BCUT2D eigenvalue weighted by Crippen LogP contribution is -1.79. The molecule has 0 aliphatic heterocycles. The molecular formula is C12H8N2S2. The van der Waals surface area contributed by atoms with Gasteiger partial charge in [0.2, 0.25) is 0 Å². The van der Waals surface area contributed by atoms with Crippen molar-refractivity contribution in [3.63, 3.8) is 0 Å². The summed E-state index contributed by atoms with van der Waals surface area (Å²) in [7, 11) is 0. The Morgan fingerprint density at radius 3 is 2.62 bits per heavy atom. The van der Waals surface area contributed by atoms with Crippen LogP contribution >= 0.6 is 23.8 Å². The minimum absolute atomic E-state index is 0.801. The topological polar surface area (TPSA) is 28.7 Å². The van der Waals surface area contributed by atoms with Crippen molar-refractivity contribution in [3.05, 3.63) is 46.3 Å². The zero-order valence-corrected chi connectivity index (χ0v) is 9.94. The molecule has 3 rings (SSSR count). The predicted molar refractivity (Wildman–Crippen MR) is 70.2 cm³/mol. The highest BCUT2D eigenvalue weighted by Crippen LogP contribution is 2.24. The number of aromatic amines is 1. The van der Waals surface area contributed by atoms with Gasteiger partial charge in [0.15, 0.2) is 0 Å². The molecule has 0 atom stereocenters. The summed E-state index contributed by atoms with van der Waals surface area (Å²) in [6.45, 7) is 0. The number of H-pyrrole nitrogens is 1. The van der Waals surface area contributed by atoms with Crippen molar-refractivity contribution in [2.75, 3.05) is 0 Å². The number of rotatable bonds is 1. The first kappa shape index (κ1) is 9.69. The lowest BCUT2D eigenvalue weighted by atomic mass is 10.1. The summed E-state index contributed by atoms with van der Waals surface area (Å²) >= 11 is 6.60. The van der Waals surface area contributed by atoms with Crippen molar-refractivity contribution in [1.82, 2.24) is 9.59 Å². The fraction of sp³-hybridized carbons (Fsp3) is 0. The Kier molecular flexibility index (Phi) is 2.31. The Bertz CT molecular complexity index is 697. The Morgan fingerprint density at radius 1 is 1.06 bits per heavy atom. The third-order valence-electron chi connectivity index (χ3n) is 2.51. The van der Waals surface area contributed by atoms with Crippen LogP contribution in [0.15, 0.2) is 42.5 Å². The van der Waals surface area contributed by atoms with E-state index in [9.17, 15) is 0 Å². The molecule has 78 valence electrons. The molecule has 0 amide bonds. The van der Waals surface area contributed by atoms with E-state index in [2.05, 4.69) is 39.9 Å². The number of nitrogens with one attached hydrogen (secondary N) is 1. The molecule has 1 aromatic heterocycles. The van der Waals surface area contributed by atoms with Gasteiger partial charge in [0.05, 0.1) is 0 Å². The van der Waals surface area contributed by atoms with Gasteiger partial charge in [-0.25, -0.2) is 4.49 Å². The predicted octanol–water partition coefficient (Wildman–Crippen LogP) is 4.02. The molecule has 0 bridgehead atoms. The van der Waals surface area contributed by atoms with Crippen molar-refractivity contribution >= 4 is 34.5 Å². The molecule has 1 heterocycles. The monoisotopic (exact) mass is 244 g/mol. The third-order valence-corrected chi connectivity index (χ3v) is 3.52. The standard InChI is InChI=1S/C12H8N2S2/c15-12-11(13-14-16-12)10-6-5-8-3-1-2-4-9(8)7-10/h1-7,14H. The van der Waals surface area contributed by atoms with E-state index in [0.717, 1.165) is 15.1 Å². The number of nitrogens with zero attached hydrogens (tertiary/aromatic N) is 1. The minimum atomic E-state index is 0.801. The summed E-state index contributed by atoms with van der Waals surface area (Å²) in [4.78, 5) is 0. The van der Waals surface area contributed by atoms with Crippen molar-refractivity contribution in [2.24, 2.45) is 0 Å². The quantitative estimate of drug-likeness (QED) is 0.655. The van der Waals surface area contributed by atoms with Crippen LogP contribution in [-0.2, 0) is 0 Å². The van der Waals surface area contributed by atoms with Crippen LogP contribution in [0.3, 0.4) is 0 Å². The van der Waals surface area contributed by atoms with Gasteiger partial charge < -0.3 is 0 Å². The van der Waals surface area contributed by atoms with E-state index >= 15 is 0 Å². The molecule has 0 aliphatic rings. The summed E-state index contributed by atoms with van der Waals surface area (Å²) in [5.74, 6) is 0. The highest BCUT2D eigenvalue weighted by atomic mass is 32.2. The van der Waals surface area contributed by atoms with Gasteiger partial charge in [0.1, 0.15) is 9.52 Å². The maximum Gasteiger partial charge on any atom is 0.136 e. The normalized spacial score (nSPS) is 10.8.